The average Bonchev–Trinajstić information content (AvgIpc) is 2.10. The Balaban J connectivity index is 0.000000461. The second-order valence-electron chi connectivity index (χ2n) is 1.90. The van der Waals surface area contributed by atoms with Gasteiger partial charge in [0.2, 0.25) is 0 Å². The summed E-state index contributed by atoms with van der Waals surface area (Å²) >= 11 is 0.777. The first kappa shape index (κ1) is 10.5. The number of hydrogen-bond acceptors (Lipinski definition) is 2. The molecule has 1 N–H and O–H groups in total. The predicted molar refractivity (Wildman–Crippen MR) is 51.0 cm³/mol. The van der Waals surface area contributed by atoms with Gasteiger partial charge in [0.25, 0.3) is 0 Å². The van der Waals surface area contributed by atoms with Gasteiger partial charge in [0.05, 0.1) is 0 Å². The summed E-state index contributed by atoms with van der Waals surface area (Å²) in [7, 11) is 0. The van der Waals surface area contributed by atoms with E-state index in [9.17, 15) is 0 Å². The van der Waals surface area contributed by atoms with E-state index in [4.69, 9.17) is 4.55 Å². The molecule has 0 heterocycles. The highest BCUT2D eigenvalue weighted by molar-refractivity contribution is 7.93. The third kappa shape index (κ3) is 4.06. The average molecular weight is 170 g/mol. The van der Waals surface area contributed by atoms with Crippen LogP contribution in [-0.2, 0) is 0 Å². The molecule has 0 aliphatic rings. The molecule has 0 unspecified atom stereocenters. The molecule has 0 spiro atoms. The summed E-state index contributed by atoms with van der Waals surface area (Å²) < 4.78 is 8.55. The Morgan fingerprint density at radius 3 is 1.91 bits per heavy atom. The van der Waals surface area contributed by atoms with E-state index in [1.807, 2.05) is 45.0 Å². The van der Waals surface area contributed by atoms with Crippen molar-refractivity contribution < 1.29 is 4.55 Å². The van der Waals surface area contributed by atoms with Crippen LogP contribution in [0, 0.1) is 6.92 Å². The lowest BCUT2D eigenvalue weighted by Crippen LogP contribution is -1.70. The quantitative estimate of drug-likeness (QED) is 0.650. The van der Waals surface area contributed by atoms with Gasteiger partial charge in [-0.2, -0.15) is 0 Å². The van der Waals surface area contributed by atoms with Gasteiger partial charge < -0.3 is 4.55 Å². The maximum atomic E-state index is 8.55. The zero-order chi connectivity index (χ0) is 8.69. The van der Waals surface area contributed by atoms with Crippen molar-refractivity contribution in [3.05, 3.63) is 29.8 Å². The van der Waals surface area contributed by atoms with Crippen molar-refractivity contribution in [1.29, 1.82) is 0 Å². The van der Waals surface area contributed by atoms with Gasteiger partial charge in [-0.15, -0.1) is 0 Å². The topological polar surface area (TPSA) is 20.2 Å². The molecule has 0 fully saturated rings. The van der Waals surface area contributed by atoms with Gasteiger partial charge in [-0.05, 0) is 19.1 Å². The number of hydrogen-bond donors (Lipinski definition) is 1. The van der Waals surface area contributed by atoms with E-state index in [-0.39, 0.29) is 0 Å². The molecule has 0 aliphatic carbocycles. The van der Waals surface area contributed by atoms with E-state index < -0.39 is 0 Å². The smallest absolute Gasteiger partial charge is 0.0350 e. The number of rotatable bonds is 1. The van der Waals surface area contributed by atoms with Gasteiger partial charge in [-0.25, -0.2) is 0 Å². The van der Waals surface area contributed by atoms with Crippen LogP contribution in [0.5, 0.6) is 0 Å². The summed E-state index contributed by atoms with van der Waals surface area (Å²) in [5.74, 6) is 0. The van der Waals surface area contributed by atoms with Crippen LogP contribution in [0.3, 0.4) is 0 Å². The van der Waals surface area contributed by atoms with E-state index in [1.54, 1.807) is 0 Å². The third-order valence-corrected chi connectivity index (χ3v) is 1.61. The van der Waals surface area contributed by atoms with Crippen LogP contribution in [0.1, 0.15) is 19.4 Å². The molecule has 0 amide bonds. The highest BCUT2D eigenvalue weighted by Gasteiger charge is 1.87. The molecule has 0 saturated heterocycles. The molecule has 1 aromatic carbocycles. The Morgan fingerprint density at radius 2 is 1.55 bits per heavy atom. The normalized spacial score (nSPS) is 8.36. The van der Waals surface area contributed by atoms with E-state index in [0.717, 1.165) is 16.9 Å². The minimum Gasteiger partial charge on any atom is -0.325 e. The van der Waals surface area contributed by atoms with E-state index in [1.165, 1.54) is 5.56 Å². The highest BCUT2D eigenvalue weighted by Crippen LogP contribution is 2.13. The fourth-order valence-electron chi connectivity index (χ4n) is 0.599. The molecule has 1 rings (SSSR count). The summed E-state index contributed by atoms with van der Waals surface area (Å²) in [6.07, 6.45) is 0. The first-order valence-electron chi connectivity index (χ1n) is 3.71. The molecule has 0 bridgehead atoms. The van der Waals surface area contributed by atoms with E-state index >= 15 is 0 Å². The van der Waals surface area contributed by atoms with Crippen molar-refractivity contribution in [2.45, 2.75) is 25.7 Å². The first-order chi connectivity index (χ1) is 5.33. The van der Waals surface area contributed by atoms with Gasteiger partial charge in [-0.3, -0.25) is 0 Å². The molecular weight excluding hydrogens is 156 g/mol. The van der Waals surface area contributed by atoms with Gasteiger partial charge >= 0.3 is 0 Å². The standard InChI is InChI=1S/C7H8OS.C2H6/c1-6-2-4-7(9-8)5-3-6;1-2/h2-5,8H,1H3;1-2H3. The summed E-state index contributed by atoms with van der Waals surface area (Å²) in [4.78, 5) is 0.889. The van der Waals surface area contributed by atoms with Crippen LogP contribution in [0.4, 0.5) is 0 Å². The van der Waals surface area contributed by atoms with E-state index in [2.05, 4.69) is 0 Å². The second kappa shape index (κ2) is 6.25. The molecule has 1 nitrogen and oxygen atoms in total. The fourth-order valence-corrected chi connectivity index (χ4v) is 0.857. The van der Waals surface area contributed by atoms with E-state index in [0.29, 0.717) is 0 Å². The van der Waals surface area contributed by atoms with Crippen molar-refractivity contribution in [1.82, 2.24) is 0 Å². The zero-order valence-corrected chi connectivity index (χ0v) is 7.98. The lowest BCUT2D eigenvalue weighted by molar-refractivity contribution is 0.664. The molecule has 0 aliphatic heterocycles. The van der Waals surface area contributed by atoms with Gasteiger partial charge in [-0.1, -0.05) is 31.5 Å². The van der Waals surface area contributed by atoms with Crippen molar-refractivity contribution in [2.75, 3.05) is 0 Å². The Bertz CT molecular complexity index is 181. The molecule has 1 aromatic rings. The molecular formula is C9H14OS. The number of aryl methyl sites for hydroxylation is 1. The van der Waals surface area contributed by atoms with Gasteiger partial charge in [0.15, 0.2) is 0 Å². The molecule has 0 atom stereocenters. The van der Waals surface area contributed by atoms with Crippen molar-refractivity contribution in [2.24, 2.45) is 0 Å². The van der Waals surface area contributed by atoms with Crippen LogP contribution < -0.4 is 0 Å². The maximum absolute atomic E-state index is 8.55. The minimum atomic E-state index is 0.777. The second-order valence-corrected chi connectivity index (χ2v) is 2.56. The van der Waals surface area contributed by atoms with Gasteiger partial charge in [0, 0.05) is 16.9 Å². The SMILES string of the molecule is CC.Cc1ccc(SO)cc1. The summed E-state index contributed by atoms with van der Waals surface area (Å²) in [5, 5.41) is 0. The number of benzene rings is 1. The van der Waals surface area contributed by atoms with Crippen LogP contribution in [-0.4, -0.2) is 4.55 Å². The van der Waals surface area contributed by atoms with Crippen LogP contribution >= 0.6 is 12.0 Å². The fraction of sp³-hybridized carbons (Fsp3) is 0.333. The summed E-state index contributed by atoms with van der Waals surface area (Å²) in [6.45, 7) is 6.02. The summed E-state index contributed by atoms with van der Waals surface area (Å²) in [5.41, 5.74) is 1.22. The molecule has 11 heavy (non-hydrogen) atoms. The molecule has 62 valence electrons. The molecule has 0 aromatic heterocycles. The third-order valence-electron chi connectivity index (χ3n) is 1.13. The van der Waals surface area contributed by atoms with Crippen LogP contribution in [0.15, 0.2) is 29.2 Å². The largest absolute Gasteiger partial charge is 0.325 e. The van der Waals surface area contributed by atoms with Crippen LogP contribution in [0.25, 0.3) is 0 Å². The Hall–Kier alpha value is -0.470. The lowest BCUT2D eigenvalue weighted by atomic mass is 10.2. The van der Waals surface area contributed by atoms with Gasteiger partial charge in [0.1, 0.15) is 0 Å². The minimum absolute atomic E-state index is 0.777. The Kier molecular flexibility index (Phi) is 5.99. The monoisotopic (exact) mass is 170 g/mol. The zero-order valence-electron chi connectivity index (χ0n) is 7.16. The van der Waals surface area contributed by atoms with Crippen molar-refractivity contribution in [3.63, 3.8) is 0 Å². The maximum Gasteiger partial charge on any atom is 0.0350 e. The predicted octanol–water partition coefficient (Wildman–Crippen LogP) is 3.59. The van der Waals surface area contributed by atoms with Crippen LogP contribution in [0.2, 0.25) is 0 Å². The molecule has 0 saturated carbocycles. The Morgan fingerprint density at radius 1 is 1.09 bits per heavy atom. The van der Waals surface area contributed by atoms with Crippen molar-refractivity contribution in [3.8, 4) is 0 Å². The summed E-state index contributed by atoms with van der Waals surface area (Å²) in [6, 6.07) is 7.72. The molecule has 0 radical (unpaired) electrons. The van der Waals surface area contributed by atoms with Crippen molar-refractivity contribution >= 4 is 12.0 Å². The lowest BCUT2D eigenvalue weighted by Gasteiger charge is -1.92. The highest BCUT2D eigenvalue weighted by atomic mass is 32.2. The first-order valence-corrected chi connectivity index (χ1v) is 4.48. The Labute approximate surface area is 72.7 Å². The molecule has 2 heteroatoms.